The number of nitrogens with two attached hydrogens (primary N) is 1. The van der Waals surface area contributed by atoms with Gasteiger partial charge in [-0.15, -0.1) is 0 Å². The Morgan fingerprint density at radius 3 is 2.64 bits per heavy atom. The van der Waals surface area contributed by atoms with Gasteiger partial charge in [0.2, 0.25) is 0 Å². The number of nitrogens with one attached hydrogen (secondary N) is 1. The van der Waals surface area contributed by atoms with E-state index >= 15 is 0 Å². The van der Waals surface area contributed by atoms with Gasteiger partial charge in [-0.3, -0.25) is 0 Å². The minimum Gasteiger partial charge on any atom is -0.490 e. The lowest BCUT2D eigenvalue weighted by atomic mass is 9.77. The lowest BCUT2D eigenvalue weighted by Crippen LogP contribution is -2.32. The number of aromatic nitrogens is 1. The predicted octanol–water partition coefficient (Wildman–Crippen LogP) is 4.38. The van der Waals surface area contributed by atoms with Gasteiger partial charge in [0.15, 0.2) is 0 Å². The molecule has 0 spiro atoms. The first kappa shape index (κ1) is 13.3. The first-order valence-electron chi connectivity index (χ1n) is 7.79. The lowest BCUT2D eigenvalue weighted by molar-refractivity contribution is 0.0987. The summed E-state index contributed by atoms with van der Waals surface area (Å²) in [5.74, 6) is 1.54. The van der Waals surface area contributed by atoms with Crippen LogP contribution in [0, 0.1) is 6.92 Å². The molecular weight excluding hydrogens is 272 g/mol. The largest absolute Gasteiger partial charge is 0.490 e. The van der Waals surface area contributed by atoms with Crippen LogP contribution in [0.25, 0.3) is 10.9 Å². The first-order chi connectivity index (χ1) is 10.7. The lowest BCUT2D eigenvalue weighted by Gasteiger charge is -2.35. The first-order valence-corrected chi connectivity index (χ1v) is 7.79. The zero-order valence-corrected chi connectivity index (χ0v) is 12.7. The van der Waals surface area contributed by atoms with E-state index in [0.717, 1.165) is 35.2 Å². The van der Waals surface area contributed by atoms with Gasteiger partial charge in [-0.05, 0) is 49.4 Å². The third-order valence-corrected chi connectivity index (χ3v) is 4.63. The Morgan fingerprint density at radius 1 is 1.09 bits per heavy atom. The molecule has 1 heterocycles. The van der Waals surface area contributed by atoms with E-state index in [1.54, 1.807) is 0 Å². The molecule has 4 rings (SSSR count). The van der Waals surface area contributed by atoms with E-state index in [-0.39, 0.29) is 0 Å². The molecule has 3 nitrogen and oxygen atoms in total. The van der Waals surface area contributed by atoms with Crippen molar-refractivity contribution in [3.63, 3.8) is 0 Å². The zero-order valence-electron chi connectivity index (χ0n) is 12.7. The maximum atomic E-state index is 6.09. The number of aryl methyl sites for hydroxylation is 1. The van der Waals surface area contributed by atoms with Crippen molar-refractivity contribution in [2.24, 2.45) is 0 Å². The van der Waals surface area contributed by atoms with Crippen molar-refractivity contribution in [3.05, 3.63) is 59.8 Å². The van der Waals surface area contributed by atoms with Crippen LogP contribution >= 0.6 is 0 Å². The molecule has 0 saturated heterocycles. The van der Waals surface area contributed by atoms with Crippen LogP contribution in [0.5, 0.6) is 5.75 Å². The third-order valence-electron chi connectivity index (χ3n) is 4.63. The Bertz CT molecular complexity index is 798. The number of benzene rings is 2. The normalized spacial score (nSPS) is 20.8. The minimum atomic E-state index is 0.309. The monoisotopic (exact) mass is 292 g/mol. The second-order valence-corrected chi connectivity index (χ2v) is 6.27. The molecule has 0 radical (unpaired) electrons. The highest BCUT2D eigenvalue weighted by Crippen LogP contribution is 2.39. The van der Waals surface area contributed by atoms with E-state index in [2.05, 4.69) is 36.2 Å². The molecule has 0 aliphatic heterocycles. The number of hydrogen-bond donors (Lipinski definition) is 2. The number of ether oxygens (including phenoxy) is 1. The van der Waals surface area contributed by atoms with Gasteiger partial charge in [0, 0.05) is 17.1 Å². The smallest absolute Gasteiger partial charge is 0.120 e. The minimum absolute atomic E-state index is 0.309. The van der Waals surface area contributed by atoms with E-state index < -0.39 is 0 Å². The fourth-order valence-electron chi connectivity index (χ4n) is 3.16. The van der Waals surface area contributed by atoms with Gasteiger partial charge in [-0.2, -0.15) is 0 Å². The van der Waals surface area contributed by atoms with Crippen LogP contribution in [-0.4, -0.2) is 11.1 Å². The number of anilines is 1. The number of hydrogen-bond acceptors (Lipinski definition) is 2. The van der Waals surface area contributed by atoms with Gasteiger partial charge in [0.1, 0.15) is 5.75 Å². The Labute approximate surface area is 130 Å². The second-order valence-electron chi connectivity index (χ2n) is 6.27. The molecule has 1 aromatic heterocycles. The van der Waals surface area contributed by atoms with Crippen molar-refractivity contribution in [1.82, 2.24) is 4.98 Å². The number of aromatic amines is 1. The Hall–Kier alpha value is -2.42. The van der Waals surface area contributed by atoms with Gasteiger partial charge in [0.25, 0.3) is 0 Å². The molecular formula is C19H20N2O. The van der Waals surface area contributed by atoms with Crippen LogP contribution in [0.4, 0.5) is 5.69 Å². The summed E-state index contributed by atoms with van der Waals surface area (Å²) in [7, 11) is 0. The van der Waals surface area contributed by atoms with Crippen LogP contribution in [0.15, 0.2) is 48.7 Å². The summed E-state index contributed by atoms with van der Waals surface area (Å²) in [6, 6.07) is 14.9. The number of fused-ring (bicyclic) bond motifs is 1. The van der Waals surface area contributed by atoms with E-state index in [9.17, 15) is 0 Å². The highest BCUT2D eigenvalue weighted by molar-refractivity contribution is 5.92. The molecule has 112 valence electrons. The molecule has 2 aromatic carbocycles. The summed E-state index contributed by atoms with van der Waals surface area (Å²) in [6.07, 6.45) is 4.31. The number of nitrogen functional groups attached to an aromatic ring is 1. The summed E-state index contributed by atoms with van der Waals surface area (Å²) in [5, 5.41) is 1.03. The zero-order chi connectivity index (χ0) is 15.1. The van der Waals surface area contributed by atoms with Crippen molar-refractivity contribution in [1.29, 1.82) is 0 Å². The molecule has 3 heteroatoms. The van der Waals surface area contributed by atoms with Gasteiger partial charge in [-0.1, -0.05) is 29.8 Å². The quantitative estimate of drug-likeness (QED) is 0.752. The summed E-state index contributed by atoms with van der Waals surface area (Å²) >= 11 is 0. The predicted molar refractivity (Wildman–Crippen MR) is 90.3 cm³/mol. The highest BCUT2D eigenvalue weighted by Gasteiger charge is 2.31. The van der Waals surface area contributed by atoms with E-state index in [1.165, 1.54) is 11.1 Å². The van der Waals surface area contributed by atoms with Crippen LogP contribution in [-0.2, 0) is 0 Å². The second kappa shape index (κ2) is 5.09. The maximum Gasteiger partial charge on any atom is 0.120 e. The molecule has 3 aromatic rings. The van der Waals surface area contributed by atoms with Crippen LogP contribution in [0.3, 0.4) is 0 Å². The SMILES string of the molecule is Cc1ccc([C@H]2C[C@@H](Oc3ccc4[nH]cc(N)c4c3)C2)cc1. The molecule has 3 N–H and O–H groups in total. The fraction of sp³-hybridized carbons (Fsp3) is 0.263. The number of H-pyrrole nitrogens is 1. The van der Waals surface area contributed by atoms with Gasteiger partial charge in [-0.25, -0.2) is 0 Å². The van der Waals surface area contributed by atoms with Gasteiger partial charge in [0.05, 0.1) is 11.8 Å². The molecule has 1 saturated carbocycles. The molecule has 0 unspecified atom stereocenters. The molecule has 0 atom stereocenters. The molecule has 0 amide bonds. The van der Waals surface area contributed by atoms with Crippen LogP contribution in [0.2, 0.25) is 0 Å². The van der Waals surface area contributed by atoms with Crippen LogP contribution < -0.4 is 10.5 Å². The maximum absolute atomic E-state index is 6.09. The van der Waals surface area contributed by atoms with E-state index in [0.29, 0.717) is 12.0 Å². The van der Waals surface area contributed by atoms with Crippen LogP contribution in [0.1, 0.15) is 29.9 Å². The average Bonchev–Trinajstić information content (AvgIpc) is 2.85. The molecule has 0 bridgehead atoms. The third kappa shape index (κ3) is 2.33. The topological polar surface area (TPSA) is 51.0 Å². The van der Waals surface area contributed by atoms with Gasteiger partial charge >= 0.3 is 0 Å². The summed E-state index contributed by atoms with van der Waals surface area (Å²) < 4.78 is 6.09. The Balaban J connectivity index is 1.42. The fourth-order valence-corrected chi connectivity index (χ4v) is 3.16. The Kier molecular flexibility index (Phi) is 3.07. The molecule has 1 aliphatic carbocycles. The molecule has 22 heavy (non-hydrogen) atoms. The highest BCUT2D eigenvalue weighted by atomic mass is 16.5. The van der Waals surface area contributed by atoms with Crippen molar-refractivity contribution in [2.75, 3.05) is 5.73 Å². The summed E-state index contributed by atoms with van der Waals surface area (Å²) in [6.45, 7) is 2.12. The summed E-state index contributed by atoms with van der Waals surface area (Å²) in [4.78, 5) is 3.15. The number of rotatable bonds is 3. The van der Waals surface area contributed by atoms with E-state index in [1.807, 2.05) is 24.4 Å². The molecule has 1 fully saturated rings. The van der Waals surface area contributed by atoms with Crippen molar-refractivity contribution >= 4 is 16.6 Å². The van der Waals surface area contributed by atoms with E-state index in [4.69, 9.17) is 10.5 Å². The van der Waals surface area contributed by atoms with Crippen molar-refractivity contribution in [2.45, 2.75) is 31.8 Å². The van der Waals surface area contributed by atoms with Gasteiger partial charge < -0.3 is 15.5 Å². The standard InChI is InChI=1S/C19H20N2O/c1-12-2-4-13(5-3-12)14-8-16(9-14)22-15-6-7-19-17(10-15)18(20)11-21-19/h2-7,10-11,14,16,21H,8-9,20H2,1H3/t14-,16+. The molecule has 1 aliphatic rings. The van der Waals surface area contributed by atoms with Crippen molar-refractivity contribution < 1.29 is 4.74 Å². The van der Waals surface area contributed by atoms with Crippen molar-refractivity contribution in [3.8, 4) is 5.75 Å². The Morgan fingerprint density at radius 2 is 1.86 bits per heavy atom. The average molecular weight is 292 g/mol. The summed E-state index contributed by atoms with van der Waals surface area (Å²) in [5.41, 5.74) is 10.5.